The molecule has 2 aromatic rings. The summed E-state index contributed by atoms with van der Waals surface area (Å²) in [4.78, 5) is 18.4. The number of rotatable bonds is 4. The van der Waals surface area contributed by atoms with Crippen LogP contribution in [0.25, 0.3) is 10.9 Å². The Morgan fingerprint density at radius 2 is 2.31 bits per heavy atom. The molecule has 0 radical (unpaired) electrons. The quantitative estimate of drug-likeness (QED) is 0.765. The summed E-state index contributed by atoms with van der Waals surface area (Å²) in [5, 5.41) is 12.8. The van der Waals surface area contributed by atoms with Gasteiger partial charge in [-0.3, -0.25) is 9.78 Å². The van der Waals surface area contributed by atoms with Gasteiger partial charge in [-0.25, -0.2) is 4.39 Å². The molecule has 0 spiro atoms. The number of halogens is 1. The third-order valence-corrected chi connectivity index (χ3v) is 4.94. The molecule has 3 atom stereocenters. The van der Waals surface area contributed by atoms with Crippen LogP contribution < -0.4 is 16.0 Å². The van der Waals surface area contributed by atoms with E-state index < -0.39 is 12.6 Å². The fourth-order valence-corrected chi connectivity index (χ4v) is 3.64. The summed E-state index contributed by atoms with van der Waals surface area (Å²) in [6, 6.07) is 4.30. The molecule has 140 valence electrons. The van der Waals surface area contributed by atoms with Gasteiger partial charge in [0.25, 0.3) is 0 Å². The number of piperidine rings is 1. The smallest absolute Gasteiger partial charge is 0.239 e. The molecule has 1 saturated heterocycles. The predicted molar refractivity (Wildman–Crippen MR) is 99.4 cm³/mol. The van der Waals surface area contributed by atoms with Crippen molar-refractivity contribution < 1.29 is 14.3 Å². The maximum Gasteiger partial charge on any atom is 0.239 e. The van der Waals surface area contributed by atoms with Crippen LogP contribution in [0.4, 0.5) is 10.1 Å². The Morgan fingerprint density at radius 3 is 3.04 bits per heavy atom. The molecule has 1 aromatic heterocycles. The van der Waals surface area contributed by atoms with E-state index in [0.29, 0.717) is 23.5 Å². The predicted octanol–water partition coefficient (Wildman–Crippen LogP) is 1.33. The first-order chi connectivity index (χ1) is 12.4. The van der Waals surface area contributed by atoms with Crippen molar-refractivity contribution in [3.63, 3.8) is 0 Å². The van der Waals surface area contributed by atoms with E-state index in [1.807, 2.05) is 12.1 Å². The van der Waals surface area contributed by atoms with Gasteiger partial charge in [-0.05, 0) is 37.5 Å². The van der Waals surface area contributed by atoms with Gasteiger partial charge in [0, 0.05) is 42.0 Å². The van der Waals surface area contributed by atoms with Gasteiger partial charge in [0.15, 0.2) is 0 Å². The average Bonchev–Trinajstić information content (AvgIpc) is 2.63. The van der Waals surface area contributed by atoms with E-state index in [1.54, 1.807) is 19.2 Å². The molecule has 7 heteroatoms. The van der Waals surface area contributed by atoms with Crippen molar-refractivity contribution in [1.29, 1.82) is 0 Å². The second kappa shape index (κ2) is 7.55. The number of amides is 1. The van der Waals surface area contributed by atoms with Crippen molar-refractivity contribution >= 4 is 22.5 Å². The minimum Gasteiger partial charge on any atom is -0.394 e. The van der Waals surface area contributed by atoms with Gasteiger partial charge in [0.05, 0.1) is 12.1 Å². The van der Waals surface area contributed by atoms with E-state index in [-0.39, 0.29) is 17.8 Å². The molecule has 0 bridgehead atoms. The zero-order chi connectivity index (χ0) is 18.8. The number of aliphatic hydroxyl groups is 1. The molecule has 0 aliphatic carbocycles. The number of aryl methyl sites for hydroxylation is 1. The van der Waals surface area contributed by atoms with Crippen molar-refractivity contribution in [1.82, 2.24) is 10.3 Å². The molecule has 26 heavy (non-hydrogen) atoms. The largest absolute Gasteiger partial charge is 0.394 e. The molecular weight excluding hydrogens is 335 g/mol. The number of nitrogens with zero attached hydrogens (tertiary/aromatic N) is 2. The van der Waals surface area contributed by atoms with Crippen LogP contribution in [-0.2, 0) is 4.79 Å². The minimum absolute atomic E-state index is 0.111. The van der Waals surface area contributed by atoms with Gasteiger partial charge in [0.1, 0.15) is 11.9 Å². The number of aliphatic hydroxyl groups excluding tert-OH is 1. The van der Waals surface area contributed by atoms with E-state index in [2.05, 4.69) is 22.1 Å². The Balaban J connectivity index is 1.90. The number of pyridine rings is 1. The van der Waals surface area contributed by atoms with Crippen LogP contribution in [0.3, 0.4) is 0 Å². The summed E-state index contributed by atoms with van der Waals surface area (Å²) in [6.07, 6.45) is 2.47. The molecular formula is C19H25FN4O2. The first-order valence-electron chi connectivity index (χ1n) is 8.86. The van der Waals surface area contributed by atoms with Crippen molar-refractivity contribution in [2.75, 3.05) is 24.6 Å². The molecule has 3 rings (SSSR count). The molecule has 1 aliphatic heterocycles. The Labute approximate surface area is 152 Å². The lowest BCUT2D eigenvalue weighted by Gasteiger charge is -2.39. The van der Waals surface area contributed by atoms with Gasteiger partial charge in [0.2, 0.25) is 5.91 Å². The molecule has 1 fully saturated rings. The number of anilines is 1. The molecule has 0 saturated carbocycles. The lowest BCUT2D eigenvalue weighted by atomic mass is 9.94. The third-order valence-electron chi connectivity index (χ3n) is 4.94. The third kappa shape index (κ3) is 3.64. The molecule has 4 N–H and O–H groups in total. The van der Waals surface area contributed by atoms with Crippen LogP contribution in [0.15, 0.2) is 24.4 Å². The fourth-order valence-electron chi connectivity index (χ4n) is 3.64. The summed E-state index contributed by atoms with van der Waals surface area (Å²) >= 11 is 0. The standard InChI is InChI=1S/C19H25FN4O2/c1-11-6-13(23-19(26)16(21)10-25)9-24(8-11)17-7-15(20)12(2)18-14(17)4-3-5-22-18/h3-5,7,11,13,16,25H,6,8-10,21H2,1-2H3,(H,23,26)/t11-,13+,16?/m0/s1. The highest BCUT2D eigenvalue weighted by Crippen LogP contribution is 2.32. The van der Waals surface area contributed by atoms with Crippen LogP contribution in [0.5, 0.6) is 0 Å². The first-order valence-corrected chi connectivity index (χ1v) is 8.86. The number of benzene rings is 1. The highest BCUT2D eigenvalue weighted by atomic mass is 19.1. The molecule has 1 amide bonds. The number of fused-ring (bicyclic) bond motifs is 1. The van der Waals surface area contributed by atoms with E-state index in [1.165, 1.54) is 0 Å². The van der Waals surface area contributed by atoms with Crippen molar-refractivity contribution in [2.24, 2.45) is 11.7 Å². The summed E-state index contributed by atoms with van der Waals surface area (Å²) in [7, 11) is 0. The summed E-state index contributed by atoms with van der Waals surface area (Å²) in [6.45, 7) is 4.76. The fraction of sp³-hybridized carbons (Fsp3) is 0.474. The minimum atomic E-state index is -0.928. The van der Waals surface area contributed by atoms with Crippen molar-refractivity contribution in [3.8, 4) is 0 Å². The normalized spacial score (nSPS) is 21.7. The van der Waals surface area contributed by atoms with Crippen LogP contribution in [-0.4, -0.2) is 47.8 Å². The van der Waals surface area contributed by atoms with Gasteiger partial charge < -0.3 is 21.1 Å². The number of nitrogens with two attached hydrogens (primary N) is 1. The first kappa shape index (κ1) is 18.5. The number of hydrogen-bond donors (Lipinski definition) is 3. The van der Waals surface area contributed by atoms with Crippen LogP contribution >= 0.6 is 0 Å². The van der Waals surface area contributed by atoms with E-state index in [9.17, 15) is 9.18 Å². The van der Waals surface area contributed by atoms with Crippen molar-refractivity contribution in [3.05, 3.63) is 35.8 Å². The summed E-state index contributed by atoms with van der Waals surface area (Å²) in [5.74, 6) is -0.337. The lowest BCUT2D eigenvalue weighted by Crippen LogP contribution is -2.54. The Kier molecular flexibility index (Phi) is 5.38. The maximum atomic E-state index is 14.4. The molecule has 1 unspecified atom stereocenters. The lowest BCUT2D eigenvalue weighted by molar-refractivity contribution is -0.124. The number of nitrogens with one attached hydrogen (secondary N) is 1. The van der Waals surface area contributed by atoms with E-state index >= 15 is 0 Å². The Morgan fingerprint density at radius 1 is 1.54 bits per heavy atom. The van der Waals surface area contributed by atoms with Crippen LogP contribution in [0.1, 0.15) is 18.9 Å². The highest BCUT2D eigenvalue weighted by molar-refractivity contribution is 5.94. The molecule has 1 aromatic carbocycles. The zero-order valence-corrected chi connectivity index (χ0v) is 15.1. The van der Waals surface area contributed by atoms with Crippen LogP contribution in [0.2, 0.25) is 0 Å². The number of hydrogen-bond acceptors (Lipinski definition) is 5. The molecule has 2 heterocycles. The SMILES string of the molecule is Cc1c(F)cc(N2C[C@@H](C)C[C@@H](NC(=O)C(N)CO)C2)c2cccnc12. The number of carbonyl (C=O) groups is 1. The van der Waals surface area contributed by atoms with Crippen molar-refractivity contribution in [2.45, 2.75) is 32.4 Å². The van der Waals surface area contributed by atoms with Crippen LogP contribution in [0, 0.1) is 18.7 Å². The molecule has 6 nitrogen and oxygen atoms in total. The monoisotopic (exact) mass is 360 g/mol. The summed E-state index contributed by atoms with van der Waals surface area (Å²) in [5.41, 5.74) is 7.57. The number of carbonyl (C=O) groups excluding carboxylic acids is 1. The maximum absolute atomic E-state index is 14.4. The van der Waals surface area contributed by atoms with Gasteiger partial charge in [-0.1, -0.05) is 6.92 Å². The second-order valence-corrected chi connectivity index (χ2v) is 7.14. The van der Waals surface area contributed by atoms with Gasteiger partial charge in [-0.2, -0.15) is 0 Å². The van der Waals surface area contributed by atoms with Gasteiger partial charge >= 0.3 is 0 Å². The highest BCUT2D eigenvalue weighted by Gasteiger charge is 2.28. The topological polar surface area (TPSA) is 91.5 Å². The van der Waals surface area contributed by atoms with E-state index in [4.69, 9.17) is 10.8 Å². The zero-order valence-electron chi connectivity index (χ0n) is 15.1. The Bertz CT molecular complexity index is 813. The summed E-state index contributed by atoms with van der Waals surface area (Å²) < 4.78 is 14.4. The van der Waals surface area contributed by atoms with Gasteiger partial charge in [-0.15, -0.1) is 0 Å². The van der Waals surface area contributed by atoms with E-state index in [0.717, 1.165) is 24.0 Å². The Hall–Kier alpha value is -2.25. The second-order valence-electron chi connectivity index (χ2n) is 7.14. The number of aromatic nitrogens is 1. The average molecular weight is 360 g/mol. The molecule has 1 aliphatic rings.